The highest BCUT2D eigenvalue weighted by molar-refractivity contribution is 5.11. The number of fused-ring (bicyclic) bond motifs is 2. The van der Waals surface area contributed by atoms with Crippen LogP contribution in [0.5, 0.6) is 0 Å². The Labute approximate surface area is 127 Å². The maximum atomic E-state index is 4.21. The zero-order chi connectivity index (χ0) is 14.1. The SMILES string of the molecule is C1=C[C@H]2C[C@@H]1C[C@H]2CN1CCN(Cc2cccnc2)CC1. The van der Waals surface area contributed by atoms with Crippen LogP contribution in [0.2, 0.25) is 0 Å². The van der Waals surface area contributed by atoms with Crippen LogP contribution in [0, 0.1) is 17.8 Å². The van der Waals surface area contributed by atoms with Crippen LogP contribution in [0.1, 0.15) is 18.4 Å². The molecule has 3 aliphatic rings. The lowest BCUT2D eigenvalue weighted by Gasteiger charge is -2.36. The van der Waals surface area contributed by atoms with Crippen LogP contribution in [-0.2, 0) is 6.54 Å². The smallest absolute Gasteiger partial charge is 0.0312 e. The molecule has 0 unspecified atom stereocenters. The van der Waals surface area contributed by atoms with Crippen molar-refractivity contribution >= 4 is 0 Å². The number of aromatic nitrogens is 1. The first-order valence-corrected chi connectivity index (χ1v) is 8.39. The molecule has 0 spiro atoms. The van der Waals surface area contributed by atoms with Gasteiger partial charge in [-0.15, -0.1) is 0 Å². The van der Waals surface area contributed by atoms with Crippen LogP contribution < -0.4 is 0 Å². The van der Waals surface area contributed by atoms with Crippen LogP contribution in [0.4, 0.5) is 0 Å². The summed E-state index contributed by atoms with van der Waals surface area (Å²) in [5.41, 5.74) is 1.34. The molecule has 3 heteroatoms. The highest BCUT2D eigenvalue weighted by Gasteiger charge is 2.36. The molecule has 0 N–H and O–H groups in total. The van der Waals surface area contributed by atoms with Gasteiger partial charge in [0.15, 0.2) is 0 Å². The van der Waals surface area contributed by atoms with Crippen molar-refractivity contribution in [2.75, 3.05) is 32.7 Å². The highest BCUT2D eigenvalue weighted by Crippen LogP contribution is 2.43. The Kier molecular flexibility index (Phi) is 3.78. The second-order valence-corrected chi connectivity index (χ2v) is 6.98. The summed E-state index contributed by atoms with van der Waals surface area (Å²) < 4.78 is 0. The van der Waals surface area contributed by atoms with Gasteiger partial charge in [0.25, 0.3) is 0 Å². The van der Waals surface area contributed by atoms with E-state index < -0.39 is 0 Å². The summed E-state index contributed by atoms with van der Waals surface area (Å²) in [6.45, 7) is 7.25. The van der Waals surface area contributed by atoms with E-state index in [0.29, 0.717) is 0 Å². The molecule has 112 valence electrons. The zero-order valence-corrected chi connectivity index (χ0v) is 12.7. The Morgan fingerprint density at radius 3 is 2.57 bits per heavy atom. The molecule has 0 radical (unpaired) electrons. The van der Waals surface area contributed by atoms with Crippen molar-refractivity contribution in [1.29, 1.82) is 0 Å². The predicted octanol–water partition coefficient (Wildman–Crippen LogP) is 2.41. The number of allylic oxidation sites excluding steroid dienone is 2. The second kappa shape index (κ2) is 5.90. The largest absolute Gasteiger partial charge is 0.300 e. The van der Waals surface area contributed by atoms with E-state index in [-0.39, 0.29) is 0 Å². The van der Waals surface area contributed by atoms with E-state index in [4.69, 9.17) is 0 Å². The topological polar surface area (TPSA) is 19.4 Å². The fraction of sp³-hybridized carbons (Fsp3) is 0.611. The van der Waals surface area contributed by atoms with Gasteiger partial charge in [0, 0.05) is 51.7 Å². The lowest BCUT2D eigenvalue weighted by Crippen LogP contribution is -2.47. The van der Waals surface area contributed by atoms with Crippen molar-refractivity contribution in [3.8, 4) is 0 Å². The van der Waals surface area contributed by atoms with E-state index in [9.17, 15) is 0 Å². The van der Waals surface area contributed by atoms with Crippen molar-refractivity contribution in [2.45, 2.75) is 19.4 Å². The van der Waals surface area contributed by atoms with Crippen LogP contribution >= 0.6 is 0 Å². The molecular weight excluding hydrogens is 258 g/mol. The van der Waals surface area contributed by atoms with E-state index >= 15 is 0 Å². The number of piperazine rings is 1. The van der Waals surface area contributed by atoms with Crippen LogP contribution in [0.25, 0.3) is 0 Å². The molecule has 4 rings (SSSR count). The number of hydrogen-bond donors (Lipinski definition) is 0. The molecule has 1 aromatic heterocycles. The van der Waals surface area contributed by atoms with E-state index in [1.807, 2.05) is 18.5 Å². The summed E-state index contributed by atoms with van der Waals surface area (Å²) in [4.78, 5) is 9.47. The predicted molar refractivity (Wildman–Crippen MR) is 84.8 cm³/mol. The van der Waals surface area contributed by atoms with Gasteiger partial charge >= 0.3 is 0 Å². The molecule has 1 aliphatic heterocycles. The van der Waals surface area contributed by atoms with Crippen molar-refractivity contribution < 1.29 is 0 Å². The molecule has 1 saturated heterocycles. The number of rotatable bonds is 4. The highest BCUT2D eigenvalue weighted by atomic mass is 15.3. The number of nitrogens with zero attached hydrogens (tertiary/aromatic N) is 3. The van der Waals surface area contributed by atoms with E-state index in [0.717, 1.165) is 24.3 Å². The maximum absolute atomic E-state index is 4.21. The third-order valence-corrected chi connectivity index (χ3v) is 5.50. The number of pyridine rings is 1. The fourth-order valence-corrected chi connectivity index (χ4v) is 4.32. The van der Waals surface area contributed by atoms with Crippen molar-refractivity contribution in [3.05, 3.63) is 42.2 Å². The summed E-state index contributed by atoms with van der Waals surface area (Å²) in [5, 5.41) is 0. The lowest BCUT2D eigenvalue weighted by molar-refractivity contribution is 0.108. The first kappa shape index (κ1) is 13.5. The van der Waals surface area contributed by atoms with Crippen molar-refractivity contribution in [1.82, 2.24) is 14.8 Å². The fourth-order valence-electron chi connectivity index (χ4n) is 4.32. The standard InChI is InChI=1S/C18H25N3/c1-2-16(12-19-5-1)13-20-6-8-21(9-7-20)14-18-11-15-3-4-17(18)10-15/h1-5,12,15,17-18H,6-11,13-14H2/t15-,17+,18+/m1/s1. The molecule has 0 amide bonds. The van der Waals surface area contributed by atoms with Crippen molar-refractivity contribution in [3.63, 3.8) is 0 Å². The second-order valence-electron chi connectivity index (χ2n) is 6.98. The molecular formula is C18H25N3. The normalized spacial score (nSPS) is 32.9. The summed E-state index contributed by atoms with van der Waals surface area (Å²) >= 11 is 0. The quantitative estimate of drug-likeness (QED) is 0.791. The van der Waals surface area contributed by atoms with Gasteiger partial charge in [-0.1, -0.05) is 18.2 Å². The molecule has 1 aromatic rings. The van der Waals surface area contributed by atoms with Gasteiger partial charge in [-0.2, -0.15) is 0 Å². The third kappa shape index (κ3) is 3.04. The van der Waals surface area contributed by atoms with E-state index in [1.54, 1.807) is 0 Å². The summed E-state index contributed by atoms with van der Waals surface area (Å²) in [7, 11) is 0. The molecule has 3 atom stereocenters. The van der Waals surface area contributed by atoms with Crippen LogP contribution in [0.15, 0.2) is 36.7 Å². The molecule has 2 aliphatic carbocycles. The van der Waals surface area contributed by atoms with Crippen LogP contribution in [-0.4, -0.2) is 47.5 Å². The maximum Gasteiger partial charge on any atom is 0.0312 e. The molecule has 0 aromatic carbocycles. The van der Waals surface area contributed by atoms with E-state index in [1.165, 1.54) is 51.1 Å². The first-order chi connectivity index (χ1) is 10.4. The minimum atomic E-state index is 0.892. The molecule has 1 saturated carbocycles. The Morgan fingerprint density at radius 2 is 1.90 bits per heavy atom. The Balaban J connectivity index is 1.24. The van der Waals surface area contributed by atoms with E-state index in [2.05, 4.69) is 33.0 Å². The van der Waals surface area contributed by atoms with Gasteiger partial charge in [-0.05, 0) is 42.2 Å². The Bertz CT molecular complexity index is 490. The average Bonchev–Trinajstić information content (AvgIpc) is 3.13. The molecule has 21 heavy (non-hydrogen) atoms. The van der Waals surface area contributed by atoms with Gasteiger partial charge in [-0.25, -0.2) is 0 Å². The first-order valence-electron chi connectivity index (χ1n) is 8.39. The average molecular weight is 283 g/mol. The van der Waals surface area contributed by atoms with Gasteiger partial charge in [0.2, 0.25) is 0 Å². The van der Waals surface area contributed by atoms with Crippen molar-refractivity contribution in [2.24, 2.45) is 17.8 Å². The molecule has 2 bridgehead atoms. The Morgan fingerprint density at radius 1 is 1.05 bits per heavy atom. The molecule has 2 fully saturated rings. The zero-order valence-electron chi connectivity index (χ0n) is 12.7. The van der Waals surface area contributed by atoms with Gasteiger partial charge in [-0.3, -0.25) is 9.88 Å². The third-order valence-electron chi connectivity index (χ3n) is 5.50. The Hall–Kier alpha value is -1.19. The number of hydrogen-bond acceptors (Lipinski definition) is 3. The van der Waals surface area contributed by atoms with Gasteiger partial charge in [0.1, 0.15) is 0 Å². The molecule has 3 nitrogen and oxygen atoms in total. The minimum absolute atomic E-state index is 0.892. The summed E-state index contributed by atoms with van der Waals surface area (Å²) in [6, 6.07) is 4.22. The minimum Gasteiger partial charge on any atom is -0.300 e. The van der Waals surface area contributed by atoms with Gasteiger partial charge in [0.05, 0.1) is 0 Å². The summed E-state index contributed by atoms with van der Waals surface area (Å²) in [6.07, 6.45) is 11.7. The van der Waals surface area contributed by atoms with Gasteiger partial charge < -0.3 is 4.90 Å². The lowest BCUT2D eigenvalue weighted by atomic mass is 9.93. The molecule has 2 heterocycles. The summed E-state index contributed by atoms with van der Waals surface area (Å²) in [5.74, 6) is 2.74. The monoisotopic (exact) mass is 283 g/mol. The van der Waals surface area contributed by atoms with Crippen LogP contribution in [0.3, 0.4) is 0 Å².